The molecule has 0 unspecified atom stereocenters. The molecule has 0 amide bonds. The van der Waals surface area contributed by atoms with Gasteiger partial charge in [-0.3, -0.25) is 4.99 Å². The van der Waals surface area contributed by atoms with Gasteiger partial charge in [-0.1, -0.05) is 6.07 Å². The lowest BCUT2D eigenvalue weighted by atomic mass is 10.1. The first-order valence-electron chi connectivity index (χ1n) is 8.28. The largest absolute Gasteiger partial charge is 0.508 e. The minimum atomic E-state index is -0.718. The van der Waals surface area contributed by atoms with Crippen molar-refractivity contribution in [1.82, 2.24) is 4.68 Å². The Labute approximate surface area is 157 Å². The molecule has 1 aliphatic rings. The highest BCUT2D eigenvalue weighted by atomic mass is 32.1. The average molecular weight is 387 g/mol. The number of thiazole rings is 1. The van der Waals surface area contributed by atoms with Crippen LogP contribution < -0.4 is 4.80 Å². The monoisotopic (exact) mass is 387 g/mol. The smallest absolute Gasteiger partial charge is 0.206 e. The van der Waals surface area contributed by atoms with Gasteiger partial charge in [-0.15, -0.1) is 11.3 Å². The van der Waals surface area contributed by atoms with Crippen molar-refractivity contribution in [3.05, 3.63) is 63.8 Å². The molecular formula is C19H15F2N3O2S. The zero-order valence-electron chi connectivity index (χ0n) is 14.0. The number of aromatic hydroxyl groups is 2. The molecule has 1 aliphatic carbocycles. The summed E-state index contributed by atoms with van der Waals surface area (Å²) in [4.78, 5) is 5.13. The molecule has 5 nitrogen and oxygen atoms in total. The molecule has 1 heterocycles. The van der Waals surface area contributed by atoms with Gasteiger partial charge in [-0.05, 0) is 37.1 Å². The van der Waals surface area contributed by atoms with Crippen molar-refractivity contribution in [1.29, 1.82) is 0 Å². The first kappa shape index (κ1) is 17.4. The van der Waals surface area contributed by atoms with E-state index in [1.165, 1.54) is 34.2 Å². The average Bonchev–Trinajstić information content (AvgIpc) is 3.35. The highest BCUT2D eigenvalue weighted by Crippen LogP contribution is 2.32. The Kier molecular flexibility index (Phi) is 4.49. The van der Waals surface area contributed by atoms with Crippen LogP contribution in [0, 0.1) is 11.6 Å². The number of phenols is 2. The van der Waals surface area contributed by atoms with E-state index in [2.05, 4.69) is 10.1 Å². The summed E-state index contributed by atoms with van der Waals surface area (Å²) in [7, 11) is 0. The van der Waals surface area contributed by atoms with Gasteiger partial charge in [0.2, 0.25) is 4.80 Å². The first-order valence-corrected chi connectivity index (χ1v) is 9.16. The summed E-state index contributed by atoms with van der Waals surface area (Å²) >= 11 is 1.32. The van der Waals surface area contributed by atoms with Crippen LogP contribution in [0.1, 0.15) is 18.4 Å². The van der Waals surface area contributed by atoms with E-state index in [0.29, 0.717) is 16.1 Å². The first-order chi connectivity index (χ1) is 13.0. The third-order valence-corrected chi connectivity index (χ3v) is 4.91. The van der Waals surface area contributed by atoms with Gasteiger partial charge in [0.1, 0.15) is 23.1 Å². The Hall–Kier alpha value is -3.00. The minimum Gasteiger partial charge on any atom is -0.508 e. The van der Waals surface area contributed by atoms with Crippen molar-refractivity contribution in [3.63, 3.8) is 0 Å². The second-order valence-electron chi connectivity index (χ2n) is 6.16. The number of halogens is 2. The van der Waals surface area contributed by atoms with Crippen LogP contribution in [-0.4, -0.2) is 27.1 Å². The molecular weight excluding hydrogens is 372 g/mol. The fourth-order valence-electron chi connectivity index (χ4n) is 2.53. The molecule has 138 valence electrons. The molecule has 4 rings (SSSR count). The van der Waals surface area contributed by atoms with E-state index in [1.807, 2.05) is 0 Å². The molecule has 0 aliphatic heterocycles. The summed E-state index contributed by atoms with van der Waals surface area (Å²) in [6.45, 7) is 0. The van der Waals surface area contributed by atoms with Crippen LogP contribution in [0.3, 0.4) is 0 Å². The Balaban J connectivity index is 1.85. The van der Waals surface area contributed by atoms with Crippen LogP contribution in [0.5, 0.6) is 11.5 Å². The second kappa shape index (κ2) is 6.96. The molecule has 2 aromatic carbocycles. The maximum Gasteiger partial charge on any atom is 0.206 e. The number of rotatable bonds is 4. The number of hydrogen-bond acceptors (Lipinski definition) is 5. The molecule has 27 heavy (non-hydrogen) atoms. The summed E-state index contributed by atoms with van der Waals surface area (Å²) in [5.74, 6) is -1.64. The lowest BCUT2D eigenvalue weighted by Gasteiger charge is -2.06. The molecule has 8 heteroatoms. The lowest BCUT2D eigenvalue weighted by Crippen LogP contribution is -2.13. The van der Waals surface area contributed by atoms with Gasteiger partial charge in [0, 0.05) is 17.0 Å². The van der Waals surface area contributed by atoms with Crippen LogP contribution >= 0.6 is 11.3 Å². The summed E-state index contributed by atoms with van der Waals surface area (Å²) < 4.78 is 29.3. The SMILES string of the molecule is Oc1ccc(-c2csc(=NC3CC3)n2/N=C/c2c(F)cccc2F)c(O)c1. The Morgan fingerprint density at radius 2 is 1.85 bits per heavy atom. The van der Waals surface area contributed by atoms with Crippen LogP contribution in [0.25, 0.3) is 11.3 Å². The molecule has 0 spiro atoms. The van der Waals surface area contributed by atoms with E-state index >= 15 is 0 Å². The van der Waals surface area contributed by atoms with Crippen molar-refractivity contribution < 1.29 is 19.0 Å². The maximum atomic E-state index is 13.9. The quantitative estimate of drug-likeness (QED) is 0.668. The van der Waals surface area contributed by atoms with E-state index in [9.17, 15) is 19.0 Å². The van der Waals surface area contributed by atoms with E-state index in [4.69, 9.17) is 0 Å². The summed E-state index contributed by atoms with van der Waals surface area (Å²) in [5.41, 5.74) is 0.673. The maximum absolute atomic E-state index is 13.9. The lowest BCUT2D eigenvalue weighted by molar-refractivity contribution is 0.451. The molecule has 1 saturated carbocycles. The molecule has 0 atom stereocenters. The predicted octanol–water partition coefficient (Wildman–Crippen LogP) is 3.85. The Morgan fingerprint density at radius 1 is 1.11 bits per heavy atom. The normalized spacial score (nSPS) is 15.0. The van der Waals surface area contributed by atoms with Crippen molar-refractivity contribution in [2.75, 3.05) is 0 Å². The molecule has 0 bridgehead atoms. The Morgan fingerprint density at radius 3 is 2.52 bits per heavy atom. The van der Waals surface area contributed by atoms with Gasteiger partial charge in [-0.2, -0.15) is 5.10 Å². The summed E-state index contributed by atoms with van der Waals surface area (Å²) in [6.07, 6.45) is 3.08. The van der Waals surface area contributed by atoms with E-state index in [-0.39, 0.29) is 23.1 Å². The van der Waals surface area contributed by atoms with Crippen molar-refractivity contribution in [3.8, 4) is 22.8 Å². The van der Waals surface area contributed by atoms with E-state index < -0.39 is 11.6 Å². The third-order valence-electron chi connectivity index (χ3n) is 4.08. The zero-order valence-corrected chi connectivity index (χ0v) is 14.8. The molecule has 2 N–H and O–H groups in total. The van der Waals surface area contributed by atoms with Gasteiger partial charge in [0.25, 0.3) is 0 Å². The van der Waals surface area contributed by atoms with Crippen molar-refractivity contribution in [2.45, 2.75) is 18.9 Å². The van der Waals surface area contributed by atoms with Gasteiger partial charge < -0.3 is 10.2 Å². The van der Waals surface area contributed by atoms with Gasteiger partial charge in [0.05, 0.1) is 23.5 Å². The fraction of sp³-hybridized carbons (Fsp3) is 0.158. The number of aromatic nitrogens is 1. The van der Waals surface area contributed by atoms with E-state index in [1.54, 1.807) is 11.4 Å². The number of hydrogen-bond donors (Lipinski definition) is 2. The minimum absolute atomic E-state index is 0.0714. The highest BCUT2D eigenvalue weighted by Gasteiger charge is 2.21. The number of nitrogens with zero attached hydrogens (tertiary/aromatic N) is 3. The number of benzene rings is 2. The summed E-state index contributed by atoms with van der Waals surface area (Å²) in [6, 6.07) is 8.02. The molecule has 0 radical (unpaired) electrons. The number of phenolic OH excluding ortho intramolecular Hbond substituents is 2. The van der Waals surface area contributed by atoms with Crippen LogP contribution in [-0.2, 0) is 0 Å². The van der Waals surface area contributed by atoms with Gasteiger partial charge in [-0.25, -0.2) is 13.5 Å². The van der Waals surface area contributed by atoms with Crippen molar-refractivity contribution >= 4 is 17.6 Å². The van der Waals surface area contributed by atoms with E-state index in [0.717, 1.165) is 31.2 Å². The highest BCUT2D eigenvalue weighted by molar-refractivity contribution is 7.07. The topological polar surface area (TPSA) is 70.1 Å². The summed E-state index contributed by atoms with van der Waals surface area (Å²) in [5, 5.41) is 25.7. The van der Waals surface area contributed by atoms with Crippen LogP contribution in [0.15, 0.2) is 51.9 Å². The standard InChI is InChI=1S/C19H15F2N3O2S/c20-15-2-1-3-16(21)14(15)9-22-24-17(10-27-19(24)23-11-4-5-11)13-7-6-12(25)8-18(13)26/h1-3,6-11,25-26H,4-5H2/b22-9+,23-19?. The fourth-order valence-corrected chi connectivity index (χ4v) is 3.43. The molecule has 0 saturated heterocycles. The van der Waals surface area contributed by atoms with Gasteiger partial charge >= 0.3 is 0 Å². The molecule has 1 fully saturated rings. The third kappa shape index (κ3) is 3.61. The van der Waals surface area contributed by atoms with Crippen molar-refractivity contribution in [2.24, 2.45) is 10.1 Å². The molecule has 1 aromatic heterocycles. The zero-order chi connectivity index (χ0) is 19.0. The predicted molar refractivity (Wildman–Crippen MR) is 99.0 cm³/mol. The second-order valence-corrected chi connectivity index (χ2v) is 6.99. The van der Waals surface area contributed by atoms with Gasteiger partial charge in [0.15, 0.2) is 0 Å². The van der Waals surface area contributed by atoms with Crippen LogP contribution in [0.4, 0.5) is 8.78 Å². The Bertz CT molecular complexity index is 1080. The molecule has 3 aromatic rings. The van der Waals surface area contributed by atoms with Crippen LogP contribution in [0.2, 0.25) is 0 Å².